The van der Waals surface area contributed by atoms with E-state index in [9.17, 15) is 9.59 Å². The number of carbonyl (C=O) groups is 2. The first kappa shape index (κ1) is 15.7. The van der Waals surface area contributed by atoms with Crippen LogP contribution in [-0.2, 0) is 14.3 Å². The number of hydrogen-bond acceptors (Lipinski definition) is 4. The standard InChI is InChI=1S/C12H23NO4/c1-16-11(14)9-7-5-3-4-6-8-10-13-12(15)17-2/h3-10H2,1-2H3,(H,13,15). The van der Waals surface area contributed by atoms with Crippen LogP contribution in [0.1, 0.15) is 44.9 Å². The van der Waals surface area contributed by atoms with Gasteiger partial charge in [-0.05, 0) is 12.8 Å². The third-order valence-electron chi connectivity index (χ3n) is 2.49. The van der Waals surface area contributed by atoms with Gasteiger partial charge in [0.15, 0.2) is 0 Å². The van der Waals surface area contributed by atoms with Crippen molar-refractivity contribution < 1.29 is 19.1 Å². The van der Waals surface area contributed by atoms with Crippen molar-refractivity contribution in [3.8, 4) is 0 Å². The summed E-state index contributed by atoms with van der Waals surface area (Å²) in [5, 5.41) is 2.63. The number of amides is 1. The SMILES string of the molecule is COC(=O)CCCCCCCCNC(=O)OC. The molecule has 0 fully saturated rings. The second kappa shape index (κ2) is 11.2. The van der Waals surface area contributed by atoms with Crippen LogP contribution in [0.4, 0.5) is 4.79 Å². The maximum absolute atomic E-state index is 10.8. The van der Waals surface area contributed by atoms with E-state index in [0.29, 0.717) is 13.0 Å². The van der Waals surface area contributed by atoms with E-state index in [4.69, 9.17) is 0 Å². The molecular formula is C12H23NO4. The average Bonchev–Trinajstić information content (AvgIpc) is 2.35. The Kier molecular flexibility index (Phi) is 10.4. The van der Waals surface area contributed by atoms with E-state index >= 15 is 0 Å². The number of carbonyl (C=O) groups excluding carboxylic acids is 2. The molecule has 0 aromatic heterocycles. The molecule has 1 amide bonds. The zero-order valence-corrected chi connectivity index (χ0v) is 10.8. The number of unbranched alkanes of at least 4 members (excludes halogenated alkanes) is 5. The van der Waals surface area contributed by atoms with Gasteiger partial charge in [-0.2, -0.15) is 0 Å². The van der Waals surface area contributed by atoms with E-state index in [1.807, 2.05) is 0 Å². The number of hydrogen-bond donors (Lipinski definition) is 1. The van der Waals surface area contributed by atoms with Crippen molar-refractivity contribution in [3.63, 3.8) is 0 Å². The van der Waals surface area contributed by atoms with Crippen LogP contribution in [0.5, 0.6) is 0 Å². The molecule has 100 valence electrons. The van der Waals surface area contributed by atoms with Crippen LogP contribution < -0.4 is 5.32 Å². The Morgan fingerprint density at radius 1 is 0.882 bits per heavy atom. The van der Waals surface area contributed by atoms with E-state index in [2.05, 4.69) is 14.8 Å². The van der Waals surface area contributed by atoms with Crippen molar-refractivity contribution >= 4 is 12.1 Å². The van der Waals surface area contributed by atoms with Crippen LogP contribution in [0.3, 0.4) is 0 Å². The van der Waals surface area contributed by atoms with E-state index in [1.54, 1.807) is 0 Å². The molecule has 0 spiro atoms. The topological polar surface area (TPSA) is 64.6 Å². The Morgan fingerprint density at radius 3 is 2.06 bits per heavy atom. The fraction of sp³-hybridized carbons (Fsp3) is 0.833. The molecule has 0 radical (unpaired) electrons. The molecule has 0 saturated heterocycles. The molecule has 0 unspecified atom stereocenters. The molecule has 0 aliphatic carbocycles. The van der Waals surface area contributed by atoms with Gasteiger partial charge in [0.05, 0.1) is 14.2 Å². The van der Waals surface area contributed by atoms with Crippen LogP contribution in [0.15, 0.2) is 0 Å². The largest absolute Gasteiger partial charge is 0.469 e. The summed E-state index contributed by atoms with van der Waals surface area (Å²) in [6, 6.07) is 0. The van der Waals surface area contributed by atoms with Gasteiger partial charge in [0, 0.05) is 13.0 Å². The molecule has 1 N–H and O–H groups in total. The normalized spacial score (nSPS) is 9.76. The molecule has 17 heavy (non-hydrogen) atoms. The molecule has 0 aliphatic heterocycles. The highest BCUT2D eigenvalue weighted by Crippen LogP contribution is 2.07. The molecular weight excluding hydrogens is 222 g/mol. The molecule has 5 nitrogen and oxygen atoms in total. The van der Waals surface area contributed by atoms with E-state index in [0.717, 1.165) is 38.5 Å². The highest BCUT2D eigenvalue weighted by Gasteiger charge is 1.99. The summed E-state index contributed by atoms with van der Waals surface area (Å²) in [7, 11) is 2.77. The first-order chi connectivity index (χ1) is 8.20. The van der Waals surface area contributed by atoms with Gasteiger partial charge in [-0.25, -0.2) is 4.79 Å². The lowest BCUT2D eigenvalue weighted by atomic mass is 10.1. The maximum Gasteiger partial charge on any atom is 0.406 e. The first-order valence-electron chi connectivity index (χ1n) is 6.09. The maximum atomic E-state index is 10.8. The Balaban J connectivity index is 3.08. The molecule has 0 aliphatic rings. The predicted octanol–water partition coefficient (Wildman–Crippen LogP) is 2.25. The van der Waals surface area contributed by atoms with Crippen molar-refractivity contribution in [3.05, 3.63) is 0 Å². The number of nitrogens with one attached hydrogen (secondary N) is 1. The molecule has 0 atom stereocenters. The quantitative estimate of drug-likeness (QED) is 0.500. The van der Waals surface area contributed by atoms with E-state index < -0.39 is 0 Å². The lowest BCUT2D eigenvalue weighted by Crippen LogP contribution is -2.23. The molecule has 0 aromatic rings. The highest BCUT2D eigenvalue weighted by molar-refractivity contribution is 5.69. The Morgan fingerprint density at radius 2 is 1.47 bits per heavy atom. The van der Waals surface area contributed by atoms with Crippen molar-refractivity contribution in [2.75, 3.05) is 20.8 Å². The summed E-state index contributed by atoms with van der Waals surface area (Å²) in [5.41, 5.74) is 0. The van der Waals surface area contributed by atoms with Gasteiger partial charge in [0.25, 0.3) is 0 Å². The number of alkyl carbamates (subject to hydrolysis) is 1. The lowest BCUT2D eigenvalue weighted by Gasteiger charge is -2.03. The summed E-state index contributed by atoms with van der Waals surface area (Å²) in [5.74, 6) is -0.132. The van der Waals surface area contributed by atoms with Crippen molar-refractivity contribution in [2.24, 2.45) is 0 Å². The Bertz CT molecular complexity index is 197. The minimum atomic E-state index is -0.372. The van der Waals surface area contributed by atoms with Crippen LogP contribution in [0.2, 0.25) is 0 Å². The molecule has 0 rings (SSSR count). The molecule has 5 heteroatoms. The summed E-state index contributed by atoms with van der Waals surface area (Å²) < 4.78 is 9.00. The zero-order valence-electron chi connectivity index (χ0n) is 10.8. The van der Waals surface area contributed by atoms with Gasteiger partial charge in [0.1, 0.15) is 0 Å². The van der Waals surface area contributed by atoms with Gasteiger partial charge in [-0.1, -0.05) is 25.7 Å². The third-order valence-corrected chi connectivity index (χ3v) is 2.49. The van der Waals surface area contributed by atoms with Gasteiger partial charge in [-0.15, -0.1) is 0 Å². The third kappa shape index (κ3) is 11.0. The minimum Gasteiger partial charge on any atom is -0.469 e. The monoisotopic (exact) mass is 245 g/mol. The van der Waals surface area contributed by atoms with Crippen LogP contribution >= 0.6 is 0 Å². The molecule has 0 heterocycles. The average molecular weight is 245 g/mol. The van der Waals surface area contributed by atoms with Crippen molar-refractivity contribution in [2.45, 2.75) is 44.9 Å². The first-order valence-corrected chi connectivity index (χ1v) is 6.09. The summed E-state index contributed by atoms with van der Waals surface area (Å²) in [6.07, 6.45) is 6.39. The number of rotatable bonds is 9. The summed E-state index contributed by atoms with van der Waals surface area (Å²) in [4.78, 5) is 21.5. The highest BCUT2D eigenvalue weighted by atomic mass is 16.5. The van der Waals surface area contributed by atoms with E-state index in [1.165, 1.54) is 14.2 Å². The van der Waals surface area contributed by atoms with E-state index in [-0.39, 0.29) is 12.1 Å². The summed E-state index contributed by atoms with van der Waals surface area (Å²) in [6.45, 7) is 0.662. The van der Waals surface area contributed by atoms with Crippen LogP contribution in [0, 0.1) is 0 Å². The number of methoxy groups -OCH3 is 2. The van der Waals surface area contributed by atoms with Crippen molar-refractivity contribution in [1.29, 1.82) is 0 Å². The minimum absolute atomic E-state index is 0.132. The van der Waals surface area contributed by atoms with Gasteiger partial charge in [-0.3, -0.25) is 4.79 Å². The van der Waals surface area contributed by atoms with Gasteiger partial charge >= 0.3 is 12.1 Å². The Labute approximate surface area is 103 Å². The fourth-order valence-electron chi connectivity index (χ4n) is 1.47. The van der Waals surface area contributed by atoms with Crippen LogP contribution in [0.25, 0.3) is 0 Å². The number of ether oxygens (including phenoxy) is 2. The zero-order chi connectivity index (χ0) is 12.9. The smallest absolute Gasteiger partial charge is 0.406 e. The van der Waals surface area contributed by atoms with Crippen molar-refractivity contribution in [1.82, 2.24) is 5.32 Å². The molecule has 0 bridgehead atoms. The van der Waals surface area contributed by atoms with Gasteiger partial charge in [0.2, 0.25) is 0 Å². The fourth-order valence-corrected chi connectivity index (χ4v) is 1.47. The van der Waals surface area contributed by atoms with Crippen LogP contribution in [-0.4, -0.2) is 32.8 Å². The lowest BCUT2D eigenvalue weighted by molar-refractivity contribution is -0.140. The predicted molar refractivity (Wildman–Crippen MR) is 64.7 cm³/mol. The second-order valence-electron chi connectivity index (χ2n) is 3.87. The molecule has 0 aromatic carbocycles. The second-order valence-corrected chi connectivity index (χ2v) is 3.87. The Hall–Kier alpha value is -1.26. The number of esters is 1. The summed E-state index contributed by atoms with van der Waals surface area (Å²) >= 11 is 0. The molecule has 0 saturated carbocycles. The van der Waals surface area contributed by atoms with Gasteiger partial charge < -0.3 is 14.8 Å².